The van der Waals surface area contributed by atoms with Crippen LogP contribution in [0.15, 0.2) is 18.2 Å². The van der Waals surface area contributed by atoms with Gasteiger partial charge in [0, 0.05) is 4.88 Å². The second-order valence-electron chi connectivity index (χ2n) is 4.51. The number of aryl methyl sites for hydroxylation is 3. The largest absolute Gasteiger partial charge is 0.486 e. The smallest absolute Gasteiger partial charge is 0.140 e. The van der Waals surface area contributed by atoms with Crippen LogP contribution in [-0.4, -0.2) is 4.98 Å². The van der Waals surface area contributed by atoms with E-state index in [0.717, 1.165) is 26.9 Å². The number of benzene rings is 1. The van der Waals surface area contributed by atoms with Crippen molar-refractivity contribution in [1.29, 1.82) is 5.26 Å². The summed E-state index contributed by atoms with van der Waals surface area (Å²) < 4.78 is 5.79. The van der Waals surface area contributed by atoms with E-state index in [9.17, 15) is 0 Å². The number of hydrogen-bond donors (Lipinski definition) is 0. The number of thiazole rings is 1. The molecule has 0 bridgehead atoms. The maximum atomic E-state index is 8.72. The second-order valence-corrected chi connectivity index (χ2v) is 5.68. The first-order valence-electron chi connectivity index (χ1n) is 6.12. The van der Waals surface area contributed by atoms with E-state index in [0.29, 0.717) is 13.0 Å². The first-order chi connectivity index (χ1) is 9.10. The molecule has 0 spiro atoms. The quantitative estimate of drug-likeness (QED) is 0.852. The summed E-state index contributed by atoms with van der Waals surface area (Å²) in [5.41, 5.74) is 3.29. The first kappa shape index (κ1) is 13.6. The van der Waals surface area contributed by atoms with Crippen LogP contribution in [0.25, 0.3) is 0 Å². The predicted molar refractivity (Wildman–Crippen MR) is 76.4 cm³/mol. The Kier molecular flexibility index (Phi) is 4.18. The Hall–Kier alpha value is -1.86. The molecule has 98 valence electrons. The topological polar surface area (TPSA) is 45.9 Å². The molecule has 0 atom stereocenters. The van der Waals surface area contributed by atoms with Crippen LogP contribution in [0, 0.1) is 32.1 Å². The lowest BCUT2D eigenvalue weighted by molar-refractivity contribution is 0.303. The number of hydrogen-bond acceptors (Lipinski definition) is 4. The molecule has 0 aliphatic rings. The van der Waals surface area contributed by atoms with E-state index >= 15 is 0 Å². The lowest BCUT2D eigenvalue weighted by Gasteiger charge is -2.07. The third-order valence-electron chi connectivity index (χ3n) is 2.86. The second kappa shape index (κ2) is 5.85. The summed E-state index contributed by atoms with van der Waals surface area (Å²) >= 11 is 1.55. The average molecular weight is 272 g/mol. The highest BCUT2D eigenvalue weighted by atomic mass is 32.1. The van der Waals surface area contributed by atoms with Crippen LogP contribution in [0.5, 0.6) is 5.75 Å². The molecule has 0 radical (unpaired) electrons. The Morgan fingerprint density at radius 1 is 1.32 bits per heavy atom. The highest BCUT2D eigenvalue weighted by Crippen LogP contribution is 2.23. The summed E-state index contributed by atoms with van der Waals surface area (Å²) in [6.45, 7) is 6.50. The van der Waals surface area contributed by atoms with Gasteiger partial charge >= 0.3 is 0 Å². The van der Waals surface area contributed by atoms with Gasteiger partial charge in [0.2, 0.25) is 0 Å². The average Bonchev–Trinajstić information content (AvgIpc) is 2.70. The predicted octanol–water partition coefficient (Wildman–Crippen LogP) is 3.71. The maximum Gasteiger partial charge on any atom is 0.140 e. The zero-order valence-electron chi connectivity index (χ0n) is 11.4. The third kappa shape index (κ3) is 3.33. The van der Waals surface area contributed by atoms with Gasteiger partial charge in [0.25, 0.3) is 0 Å². The molecule has 0 unspecified atom stereocenters. The molecule has 0 aliphatic carbocycles. The molecule has 2 rings (SSSR count). The lowest BCUT2D eigenvalue weighted by Crippen LogP contribution is -1.96. The molecule has 0 saturated carbocycles. The number of rotatable bonds is 4. The summed E-state index contributed by atoms with van der Waals surface area (Å²) in [5.74, 6) is 0.889. The standard InChI is InChI=1S/C15H16N2OS/c1-10-4-5-13(11(2)8-10)18-9-15-17-12(3)14(19-15)6-7-16/h4-5,8H,6,9H2,1-3H3. The fourth-order valence-electron chi connectivity index (χ4n) is 1.89. The van der Waals surface area contributed by atoms with Gasteiger partial charge in [0.1, 0.15) is 17.4 Å². The molecule has 2 aromatic rings. The molecule has 1 aromatic carbocycles. The Balaban J connectivity index is 2.06. The van der Waals surface area contributed by atoms with Gasteiger partial charge in [0.05, 0.1) is 18.2 Å². The zero-order chi connectivity index (χ0) is 13.8. The van der Waals surface area contributed by atoms with Crippen LogP contribution >= 0.6 is 11.3 Å². The normalized spacial score (nSPS) is 10.2. The minimum absolute atomic E-state index is 0.424. The van der Waals surface area contributed by atoms with Gasteiger partial charge in [-0.2, -0.15) is 5.26 Å². The Bertz CT molecular complexity index is 626. The van der Waals surface area contributed by atoms with Crippen molar-refractivity contribution in [3.63, 3.8) is 0 Å². The van der Waals surface area contributed by atoms with E-state index in [4.69, 9.17) is 10.00 Å². The molecular weight excluding hydrogens is 256 g/mol. The van der Waals surface area contributed by atoms with E-state index in [1.165, 1.54) is 5.56 Å². The van der Waals surface area contributed by atoms with Gasteiger partial charge in [-0.15, -0.1) is 11.3 Å². The molecule has 0 fully saturated rings. The van der Waals surface area contributed by atoms with Crippen LogP contribution in [0.3, 0.4) is 0 Å². The molecule has 0 N–H and O–H groups in total. The maximum absolute atomic E-state index is 8.72. The minimum atomic E-state index is 0.424. The van der Waals surface area contributed by atoms with E-state index < -0.39 is 0 Å². The van der Waals surface area contributed by atoms with Crippen molar-refractivity contribution in [2.75, 3.05) is 0 Å². The molecule has 1 heterocycles. The van der Waals surface area contributed by atoms with Crippen molar-refractivity contribution < 1.29 is 4.74 Å². The lowest BCUT2D eigenvalue weighted by atomic mass is 10.1. The summed E-state index contributed by atoms with van der Waals surface area (Å²) in [6.07, 6.45) is 0.424. The van der Waals surface area contributed by atoms with Gasteiger partial charge in [-0.1, -0.05) is 17.7 Å². The van der Waals surface area contributed by atoms with Gasteiger partial charge in [-0.05, 0) is 32.4 Å². The summed E-state index contributed by atoms with van der Waals surface area (Å²) in [4.78, 5) is 5.46. The SMILES string of the molecule is Cc1ccc(OCc2nc(C)c(CC#N)s2)c(C)c1. The molecule has 19 heavy (non-hydrogen) atoms. The van der Waals surface area contributed by atoms with Crippen molar-refractivity contribution in [2.45, 2.75) is 33.8 Å². The highest BCUT2D eigenvalue weighted by Gasteiger charge is 2.08. The van der Waals surface area contributed by atoms with Gasteiger partial charge in [0.15, 0.2) is 0 Å². The van der Waals surface area contributed by atoms with Crippen molar-refractivity contribution in [3.8, 4) is 11.8 Å². The summed E-state index contributed by atoms with van der Waals surface area (Å²) in [7, 11) is 0. The number of aromatic nitrogens is 1. The van der Waals surface area contributed by atoms with Gasteiger partial charge < -0.3 is 4.74 Å². The zero-order valence-corrected chi connectivity index (χ0v) is 12.2. The van der Waals surface area contributed by atoms with E-state index in [2.05, 4.69) is 24.0 Å². The molecule has 0 aliphatic heterocycles. The Morgan fingerprint density at radius 3 is 2.79 bits per heavy atom. The van der Waals surface area contributed by atoms with Crippen molar-refractivity contribution >= 4 is 11.3 Å². The highest BCUT2D eigenvalue weighted by molar-refractivity contribution is 7.11. The molecule has 4 heteroatoms. The van der Waals surface area contributed by atoms with Crippen LogP contribution < -0.4 is 4.74 Å². The van der Waals surface area contributed by atoms with Crippen LogP contribution in [0.4, 0.5) is 0 Å². The van der Waals surface area contributed by atoms with Crippen LogP contribution in [0.2, 0.25) is 0 Å². The Labute approximate surface area is 117 Å². The fourth-order valence-corrected chi connectivity index (χ4v) is 2.80. The summed E-state index contributed by atoms with van der Waals surface area (Å²) in [5, 5.41) is 9.64. The van der Waals surface area contributed by atoms with Crippen molar-refractivity contribution in [3.05, 3.63) is 44.9 Å². The molecule has 0 amide bonds. The third-order valence-corrected chi connectivity index (χ3v) is 3.99. The minimum Gasteiger partial charge on any atom is -0.486 e. The monoisotopic (exact) mass is 272 g/mol. The van der Waals surface area contributed by atoms with Crippen LogP contribution in [0.1, 0.15) is 26.7 Å². The van der Waals surface area contributed by atoms with Crippen molar-refractivity contribution in [2.24, 2.45) is 0 Å². The first-order valence-corrected chi connectivity index (χ1v) is 6.94. The molecule has 1 aromatic heterocycles. The molecule has 3 nitrogen and oxygen atoms in total. The number of ether oxygens (including phenoxy) is 1. The fraction of sp³-hybridized carbons (Fsp3) is 0.333. The van der Waals surface area contributed by atoms with E-state index in [1.54, 1.807) is 11.3 Å². The van der Waals surface area contributed by atoms with Gasteiger partial charge in [-0.3, -0.25) is 0 Å². The van der Waals surface area contributed by atoms with Crippen molar-refractivity contribution in [1.82, 2.24) is 4.98 Å². The van der Waals surface area contributed by atoms with E-state index in [1.807, 2.05) is 26.0 Å². The molecular formula is C15H16N2OS. The van der Waals surface area contributed by atoms with E-state index in [-0.39, 0.29) is 0 Å². The van der Waals surface area contributed by atoms with Crippen LogP contribution in [-0.2, 0) is 13.0 Å². The van der Waals surface area contributed by atoms with Gasteiger partial charge in [-0.25, -0.2) is 4.98 Å². The number of nitrogens with zero attached hydrogens (tertiary/aromatic N) is 2. The summed E-state index contributed by atoms with van der Waals surface area (Å²) in [6, 6.07) is 8.28. The molecule has 0 saturated heterocycles. The number of nitriles is 1. The Morgan fingerprint density at radius 2 is 2.11 bits per heavy atom.